The first-order chi connectivity index (χ1) is 25.4. The minimum absolute atomic E-state index is 0.0950. The quantitative estimate of drug-likeness (QED) is 0.0665. The fourth-order valence-electron chi connectivity index (χ4n) is 5.92. The highest BCUT2D eigenvalue weighted by atomic mass is 35.5. The summed E-state index contributed by atoms with van der Waals surface area (Å²) in [7, 11) is 0. The van der Waals surface area contributed by atoms with Crippen molar-refractivity contribution in [2.75, 3.05) is 19.8 Å². The number of aldehydes is 1. The number of nitriles is 1. The van der Waals surface area contributed by atoms with Gasteiger partial charge in [-0.05, 0) is 46.5 Å². The Balaban J connectivity index is 1.29. The Morgan fingerprint density at radius 2 is 1.69 bits per heavy atom. The Labute approximate surface area is 311 Å². The third-order valence-corrected chi connectivity index (χ3v) is 9.40. The number of rotatable bonds is 16. The van der Waals surface area contributed by atoms with Crippen LogP contribution in [0.4, 0.5) is 0 Å². The molecule has 0 saturated heterocycles. The molecule has 0 aliphatic rings. The monoisotopic (exact) mass is 734 g/mol. The van der Waals surface area contributed by atoms with Gasteiger partial charge in [-0.3, -0.25) is 9.67 Å². The second-order valence-corrected chi connectivity index (χ2v) is 12.9. The first-order valence-electron chi connectivity index (χ1n) is 16.6. The van der Waals surface area contributed by atoms with Crippen LogP contribution in [0, 0.1) is 11.3 Å². The average molecular weight is 736 g/mol. The molecular weight excluding hydrogens is 699 g/mol. The molecule has 4 N–H and O–H groups in total. The molecule has 0 bridgehead atoms. The van der Waals surface area contributed by atoms with Gasteiger partial charge in [0.05, 0.1) is 48.1 Å². The molecule has 4 aromatic carbocycles. The summed E-state index contributed by atoms with van der Waals surface area (Å²) in [6.45, 7) is 1.66. The molecule has 0 amide bonds. The average Bonchev–Trinajstić information content (AvgIpc) is 3.59. The largest absolute Gasteiger partial charge is 0.489 e. The highest BCUT2D eigenvalue weighted by Crippen LogP contribution is 2.39. The molecule has 264 valence electrons. The van der Waals surface area contributed by atoms with Crippen molar-refractivity contribution in [1.29, 1.82) is 5.26 Å². The van der Waals surface area contributed by atoms with Crippen molar-refractivity contribution >= 4 is 40.4 Å². The van der Waals surface area contributed by atoms with Crippen LogP contribution in [-0.2, 0) is 31.0 Å². The molecule has 0 fully saturated rings. The maximum atomic E-state index is 11.3. The summed E-state index contributed by atoms with van der Waals surface area (Å²) < 4.78 is 8.11. The number of hydrogen-bond donors (Lipinski definition) is 4. The smallest absolute Gasteiger partial charge is 0.139 e. The number of aromatic nitrogens is 3. The summed E-state index contributed by atoms with van der Waals surface area (Å²) in [6, 6.07) is 26.9. The van der Waals surface area contributed by atoms with Gasteiger partial charge >= 0.3 is 0 Å². The zero-order chi connectivity index (χ0) is 36.5. The summed E-state index contributed by atoms with van der Waals surface area (Å²) >= 11 is 14.0. The van der Waals surface area contributed by atoms with E-state index in [2.05, 4.69) is 46.0 Å². The van der Waals surface area contributed by atoms with Crippen LogP contribution in [0.15, 0.2) is 97.5 Å². The van der Waals surface area contributed by atoms with Crippen LogP contribution in [0.25, 0.3) is 33.2 Å². The standard InChI is InChI=1S/C40H36Cl2N6O4/c41-37-14-30(20-46-32(23-50)24-51)39(52-25-28-13-27(16-43)18-45-19-28)15-31(37)22-48-38-6-2-4-34(36(38)21-47-48)35-5-1-3-33(40(35)42)29-9-7-26(8-10-29)17-44-11-12-49/h1-10,13-15,18-19,21,23,32,44,46,49,51H,11-12,17,20,22,24-25H2. The zero-order valence-corrected chi connectivity index (χ0v) is 29.6. The molecule has 0 radical (unpaired) electrons. The number of carbonyl (C=O) groups excluding carboxylic acids is 1. The van der Waals surface area contributed by atoms with Gasteiger partial charge < -0.3 is 30.4 Å². The number of pyridine rings is 1. The lowest BCUT2D eigenvalue weighted by Crippen LogP contribution is -2.33. The van der Waals surface area contributed by atoms with Gasteiger partial charge in [0.1, 0.15) is 24.7 Å². The molecular formula is C40H36Cl2N6O4. The van der Waals surface area contributed by atoms with E-state index in [0.29, 0.717) is 58.4 Å². The number of aliphatic hydroxyl groups is 2. The fourth-order valence-corrected chi connectivity index (χ4v) is 6.50. The number of benzene rings is 4. The molecule has 6 aromatic rings. The minimum atomic E-state index is -0.743. The number of fused-ring (bicyclic) bond motifs is 1. The number of nitrogens with one attached hydrogen (secondary N) is 2. The topological polar surface area (TPSA) is 145 Å². The summed E-state index contributed by atoms with van der Waals surface area (Å²) in [5.41, 5.74) is 8.33. The highest BCUT2D eigenvalue weighted by molar-refractivity contribution is 6.36. The van der Waals surface area contributed by atoms with Crippen LogP contribution in [0.3, 0.4) is 0 Å². The van der Waals surface area contributed by atoms with Gasteiger partial charge in [0.25, 0.3) is 0 Å². The Hall–Kier alpha value is -5.12. The third-order valence-electron chi connectivity index (χ3n) is 8.64. The molecule has 2 heterocycles. The molecule has 1 unspecified atom stereocenters. The van der Waals surface area contributed by atoms with E-state index in [-0.39, 0.29) is 26.4 Å². The number of halogens is 2. The van der Waals surface area contributed by atoms with Gasteiger partial charge in [0.2, 0.25) is 0 Å². The first kappa shape index (κ1) is 36.7. The summed E-state index contributed by atoms with van der Waals surface area (Å²) in [6.07, 6.45) is 5.59. The number of ether oxygens (including phenoxy) is 1. The van der Waals surface area contributed by atoms with Crippen LogP contribution >= 0.6 is 23.2 Å². The van der Waals surface area contributed by atoms with Crippen molar-refractivity contribution in [3.8, 4) is 34.1 Å². The van der Waals surface area contributed by atoms with E-state index in [4.69, 9.17) is 38.1 Å². The predicted octanol–water partition coefficient (Wildman–Crippen LogP) is 6.30. The van der Waals surface area contributed by atoms with Gasteiger partial charge in [-0.2, -0.15) is 10.4 Å². The van der Waals surface area contributed by atoms with Crippen LogP contribution in [-0.4, -0.2) is 57.1 Å². The van der Waals surface area contributed by atoms with Crippen LogP contribution in [0.2, 0.25) is 10.0 Å². The van der Waals surface area contributed by atoms with Crippen molar-refractivity contribution in [3.05, 3.63) is 135 Å². The molecule has 10 nitrogen and oxygen atoms in total. The Morgan fingerprint density at radius 1 is 0.904 bits per heavy atom. The maximum Gasteiger partial charge on any atom is 0.139 e. The lowest BCUT2D eigenvalue weighted by atomic mass is 9.96. The van der Waals surface area contributed by atoms with Crippen LogP contribution in [0.5, 0.6) is 5.75 Å². The van der Waals surface area contributed by atoms with Crippen LogP contribution < -0.4 is 15.4 Å². The SMILES string of the molecule is N#Cc1cncc(COc2cc(Cn3ncc4c(-c5cccc(-c6ccc(CNCCO)cc6)c5Cl)cccc43)c(Cl)cc2CNC(C=O)CO)c1. The number of aliphatic hydroxyl groups excluding tert-OH is 2. The second-order valence-electron chi connectivity index (χ2n) is 12.1. The molecule has 0 aliphatic carbocycles. The Morgan fingerprint density at radius 3 is 2.46 bits per heavy atom. The van der Waals surface area contributed by atoms with Gasteiger partial charge in [-0.1, -0.05) is 77.8 Å². The van der Waals surface area contributed by atoms with E-state index >= 15 is 0 Å². The molecule has 12 heteroatoms. The minimum Gasteiger partial charge on any atom is -0.489 e. The Kier molecular flexibility index (Phi) is 12.3. The van der Waals surface area contributed by atoms with Gasteiger partial charge in [-0.25, -0.2) is 0 Å². The van der Waals surface area contributed by atoms with Crippen molar-refractivity contribution in [3.63, 3.8) is 0 Å². The van der Waals surface area contributed by atoms with E-state index in [1.165, 1.54) is 6.20 Å². The lowest BCUT2D eigenvalue weighted by molar-refractivity contribution is -0.110. The number of carbonyl (C=O) groups is 1. The molecule has 0 spiro atoms. The molecule has 0 saturated carbocycles. The fraction of sp³-hybridized carbons (Fsp3) is 0.200. The zero-order valence-electron chi connectivity index (χ0n) is 28.1. The maximum absolute atomic E-state index is 11.3. The van der Waals surface area contributed by atoms with Crippen molar-refractivity contribution in [2.45, 2.75) is 32.3 Å². The third kappa shape index (κ3) is 8.49. The van der Waals surface area contributed by atoms with E-state index in [0.717, 1.165) is 44.3 Å². The highest BCUT2D eigenvalue weighted by Gasteiger charge is 2.17. The summed E-state index contributed by atoms with van der Waals surface area (Å²) in [5, 5.41) is 40.8. The number of hydrogen-bond acceptors (Lipinski definition) is 9. The van der Waals surface area contributed by atoms with E-state index in [9.17, 15) is 15.2 Å². The molecule has 0 aliphatic heterocycles. The van der Waals surface area contributed by atoms with Gasteiger partial charge in [0.15, 0.2) is 0 Å². The summed E-state index contributed by atoms with van der Waals surface area (Å²) in [4.78, 5) is 15.5. The van der Waals surface area contributed by atoms with E-state index in [1.54, 1.807) is 18.3 Å². The van der Waals surface area contributed by atoms with Gasteiger partial charge in [0, 0.05) is 64.7 Å². The molecule has 1 atom stereocenters. The van der Waals surface area contributed by atoms with Crippen LogP contribution in [0.1, 0.15) is 27.8 Å². The van der Waals surface area contributed by atoms with Gasteiger partial charge in [-0.15, -0.1) is 0 Å². The first-order valence-corrected chi connectivity index (χ1v) is 17.4. The van der Waals surface area contributed by atoms with Crippen molar-refractivity contribution in [2.24, 2.45) is 0 Å². The predicted molar refractivity (Wildman–Crippen MR) is 202 cm³/mol. The summed E-state index contributed by atoms with van der Waals surface area (Å²) in [5.74, 6) is 0.520. The molecule has 2 aromatic heterocycles. The Bertz CT molecular complexity index is 2220. The second kappa shape index (κ2) is 17.4. The number of nitrogens with zero attached hydrogens (tertiary/aromatic N) is 4. The lowest BCUT2D eigenvalue weighted by Gasteiger charge is -2.17. The van der Waals surface area contributed by atoms with E-state index in [1.807, 2.05) is 53.3 Å². The molecule has 52 heavy (non-hydrogen) atoms. The molecule has 6 rings (SSSR count). The van der Waals surface area contributed by atoms with Crippen molar-refractivity contribution in [1.82, 2.24) is 25.4 Å². The van der Waals surface area contributed by atoms with Crippen molar-refractivity contribution < 1.29 is 19.7 Å². The normalized spacial score (nSPS) is 11.8. The van der Waals surface area contributed by atoms with E-state index < -0.39 is 6.04 Å².